The van der Waals surface area contributed by atoms with Gasteiger partial charge in [-0.25, -0.2) is 0 Å². The van der Waals surface area contributed by atoms with Gasteiger partial charge in [-0.1, -0.05) is 36.4 Å². The van der Waals surface area contributed by atoms with Gasteiger partial charge < -0.3 is 24.6 Å². The highest BCUT2D eigenvalue weighted by Crippen LogP contribution is 2.44. The Kier molecular flexibility index (Phi) is 4.84. The third kappa shape index (κ3) is 3.20. The molecule has 7 heteroatoms. The maximum absolute atomic E-state index is 13.6. The van der Waals surface area contributed by atoms with Crippen LogP contribution in [0.2, 0.25) is 0 Å². The molecule has 0 saturated carbocycles. The van der Waals surface area contributed by atoms with Crippen molar-refractivity contribution in [2.45, 2.75) is 31.8 Å². The van der Waals surface area contributed by atoms with Crippen molar-refractivity contribution in [2.75, 3.05) is 26.9 Å². The fraction of sp³-hybridized carbons (Fsp3) is 0.360. The predicted octanol–water partition coefficient (Wildman–Crippen LogP) is 2.64. The number of fused-ring (bicyclic) bond motifs is 1. The topological polar surface area (TPSA) is 71.1 Å². The largest absolute Gasteiger partial charge is 0.454 e. The van der Waals surface area contributed by atoms with Gasteiger partial charge in [0, 0.05) is 25.8 Å². The van der Waals surface area contributed by atoms with Gasteiger partial charge in [-0.2, -0.15) is 0 Å². The number of hydrogen-bond acceptors (Lipinski definition) is 5. The number of benzene rings is 2. The first-order valence-corrected chi connectivity index (χ1v) is 10.9. The minimum absolute atomic E-state index is 0.0189. The molecule has 0 saturated heterocycles. The molecule has 2 aromatic rings. The summed E-state index contributed by atoms with van der Waals surface area (Å²) >= 11 is 0. The zero-order chi connectivity index (χ0) is 22.5. The summed E-state index contributed by atoms with van der Waals surface area (Å²) in [4.78, 5) is 30.6. The van der Waals surface area contributed by atoms with E-state index in [1.807, 2.05) is 74.3 Å². The van der Waals surface area contributed by atoms with Crippen molar-refractivity contribution in [2.24, 2.45) is 0 Å². The van der Waals surface area contributed by atoms with E-state index in [0.717, 1.165) is 16.8 Å². The van der Waals surface area contributed by atoms with Gasteiger partial charge in [0.1, 0.15) is 0 Å². The maximum Gasteiger partial charge on any atom is 0.254 e. The molecule has 32 heavy (non-hydrogen) atoms. The van der Waals surface area contributed by atoms with Crippen molar-refractivity contribution in [1.29, 1.82) is 0 Å². The summed E-state index contributed by atoms with van der Waals surface area (Å²) in [6, 6.07) is 14.9. The standard InChI is InChI=1S/C25H27N3O4/c1-25(2)23-21(24(30)27(25)3)22(17-9-10-18-19(14-17)32-15-31-18)28(12-11-26-23)20(29)13-16-7-5-4-6-8-16/h4-10,14,22,26H,11-13,15H2,1-3H3. The number of carbonyl (C=O) groups is 2. The second-order valence-corrected chi connectivity index (χ2v) is 8.90. The van der Waals surface area contributed by atoms with Gasteiger partial charge in [0.15, 0.2) is 11.5 Å². The SMILES string of the molecule is CN1C(=O)C2=C(NCCN(C(=O)Cc3ccccc3)C2c2ccc3c(c2)OCO3)C1(C)C. The second kappa shape index (κ2) is 7.58. The van der Waals surface area contributed by atoms with Crippen LogP contribution in [0.3, 0.4) is 0 Å². The Morgan fingerprint density at radius 1 is 1.12 bits per heavy atom. The number of hydrogen-bond donors (Lipinski definition) is 1. The van der Waals surface area contributed by atoms with Crippen LogP contribution in [0.25, 0.3) is 0 Å². The quantitative estimate of drug-likeness (QED) is 0.806. The second-order valence-electron chi connectivity index (χ2n) is 8.90. The molecule has 166 valence electrons. The molecule has 0 aliphatic carbocycles. The smallest absolute Gasteiger partial charge is 0.254 e. The van der Waals surface area contributed by atoms with E-state index in [9.17, 15) is 9.59 Å². The Morgan fingerprint density at radius 2 is 1.88 bits per heavy atom. The van der Waals surface area contributed by atoms with Gasteiger partial charge >= 0.3 is 0 Å². The van der Waals surface area contributed by atoms with Crippen LogP contribution in [0.1, 0.15) is 31.0 Å². The van der Waals surface area contributed by atoms with E-state index in [1.165, 1.54) is 0 Å². The van der Waals surface area contributed by atoms with Crippen LogP contribution in [0.15, 0.2) is 59.8 Å². The molecule has 0 spiro atoms. The van der Waals surface area contributed by atoms with Crippen LogP contribution < -0.4 is 14.8 Å². The minimum atomic E-state index is -0.512. The summed E-state index contributed by atoms with van der Waals surface area (Å²) < 4.78 is 11.1. The lowest BCUT2D eigenvalue weighted by Gasteiger charge is -2.33. The Morgan fingerprint density at radius 3 is 2.66 bits per heavy atom. The molecule has 1 unspecified atom stereocenters. The lowest BCUT2D eigenvalue weighted by Crippen LogP contribution is -2.46. The lowest BCUT2D eigenvalue weighted by atomic mass is 9.92. The van der Waals surface area contributed by atoms with Crippen molar-refractivity contribution >= 4 is 11.8 Å². The summed E-state index contributed by atoms with van der Waals surface area (Å²) in [7, 11) is 1.81. The van der Waals surface area contributed by atoms with Crippen molar-refractivity contribution < 1.29 is 19.1 Å². The number of likely N-dealkylation sites (N-methyl/N-ethyl adjacent to an activating group) is 1. The monoisotopic (exact) mass is 433 g/mol. The first-order valence-electron chi connectivity index (χ1n) is 10.9. The Balaban J connectivity index is 1.61. The molecule has 3 aliphatic heterocycles. The molecule has 0 bridgehead atoms. The van der Waals surface area contributed by atoms with Gasteiger partial charge in [-0.05, 0) is 37.1 Å². The molecule has 0 aromatic heterocycles. The van der Waals surface area contributed by atoms with Gasteiger partial charge in [0.25, 0.3) is 5.91 Å². The highest BCUT2D eigenvalue weighted by atomic mass is 16.7. The molecular weight excluding hydrogens is 406 g/mol. The molecule has 0 radical (unpaired) electrons. The minimum Gasteiger partial charge on any atom is -0.454 e. The maximum atomic E-state index is 13.6. The molecule has 3 aliphatic rings. The average molecular weight is 434 g/mol. The Bertz CT molecular complexity index is 1110. The Labute approximate surface area is 187 Å². The van der Waals surface area contributed by atoms with E-state index in [4.69, 9.17) is 9.47 Å². The van der Waals surface area contributed by atoms with E-state index in [0.29, 0.717) is 30.2 Å². The fourth-order valence-corrected chi connectivity index (χ4v) is 4.76. The highest BCUT2D eigenvalue weighted by Gasteiger charge is 2.49. The van der Waals surface area contributed by atoms with Crippen LogP contribution >= 0.6 is 0 Å². The number of ether oxygens (including phenoxy) is 2. The van der Waals surface area contributed by atoms with E-state index in [1.54, 1.807) is 4.90 Å². The zero-order valence-corrected chi connectivity index (χ0v) is 18.6. The zero-order valence-electron chi connectivity index (χ0n) is 18.6. The highest BCUT2D eigenvalue weighted by molar-refractivity contribution is 6.00. The lowest BCUT2D eigenvalue weighted by molar-refractivity contribution is -0.133. The van der Waals surface area contributed by atoms with E-state index >= 15 is 0 Å². The van der Waals surface area contributed by atoms with Gasteiger partial charge in [-0.3, -0.25) is 9.59 Å². The average Bonchev–Trinajstić information content (AvgIpc) is 3.23. The predicted molar refractivity (Wildman–Crippen MR) is 119 cm³/mol. The molecule has 7 nitrogen and oxygen atoms in total. The summed E-state index contributed by atoms with van der Waals surface area (Å²) in [6.45, 7) is 5.29. The first-order chi connectivity index (χ1) is 15.4. The third-order valence-electron chi connectivity index (χ3n) is 6.73. The van der Waals surface area contributed by atoms with E-state index < -0.39 is 11.6 Å². The van der Waals surface area contributed by atoms with Crippen molar-refractivity contribution in [3.63, 3.8) is 0 Å². The number of rotatable bonds is 3. The molecule has 2 amide bonds. The molecule has 5 rings (SSSR count). The molecule has 1 N–H and O–H groups in total. The van der Waals surface area contributed by atoms with Crippen LogP contribution in [0.4, 0.5) is 0 Å². The summed E-state index contributed by atoms with van der Waals surface area (Å²) in [5.41, 5.74) is 2.80. The molecular formula is C25H27N3O4. The third-order valence-corrected chi connectivity index (χ3v) is 6.73. The normalized spacial score (nSPS) is 21.3. The molecule has 1 atom stereocenters. The van der Waals surface area contributed by atoms with Crippen LogP contribution in [-0.4, -0.2) is 54.1 Å². The number of amides is 2. The van der Waals surface area contributed by atoms with Crippen molar-refractivity contribution in [3.8, 4) is 11.5 Å². The van der Waals surface area contributed by atoms with Crippen LogP contribution in [0.5, 0.6) is 11.5 Å². The Hall–Kier alpha value is -3.48. The number of nitrogens with zero attached hydrogens (tertiary/aromatic N) is 2. The molecule has 2 aromatic carbocycles. The van der Waals surface area contributed by atoms with Crippen LogP contribution in [0, 0.1) is 0 Å². The fourth-order valence-electron chi connectivity index (χ4n) is 4.76. The molecule has 0 fully saturated rings. The van der Waals surface area contributed by atoms with Crippen molar-refractivity contribution in [1.82, 2.24) is 15.1 Å². The first kappa shape index (κ1) is 20.4. The number of carbonyl (C=O) groups excluding carboxylic acids is 2. The summed E-state index contributed by atoms with van der Waals surface area (Å²) in [5, 5.41) is 3.46. The van der Waals surface area contributed by atoms with E-state index in [-0.39, 0.29) is 25.0 Å². The van der Waals surface area contributed by atoms with E-state index in [2.05, 4.69) is 5.32 Å². The number of nitrogens with one attached hydrogen (secondary N) is 1. The van der Waals surface area contributed by atoms with Gasteiger partial charge in [-0.15, -0.1) is 0 Å². The van der Waals surface area contributed by atoms with Gasteiger partial charge in [0.05, 0.1) is 23.6 Å². The van der Waals surface area contributed by atoms with Gasteiger partial charge in [0.2, 0.25) is 12.7 Å². The van der Waals surface area contributed by atoms with Crippen LogP contribution in [-0.2, 0) is 16.0 Å². The van der Waals surface area contributed by atoms with Crippen molar-refractivity contribution in [3.05, 3.63) is 70.9 Å². The summed E-state index contributed by atoms with van der Waals surface area (Å²) in [5.74, 6) is 1.22. The summed E-state index contributed by atoms with van der Waals surface area (Å²) in [6.07, 6.45) is 0.276. The molecule has 3 heterocycles.